The van der Waals surface area contributed by atoms with Gasteiger partial charge in [0.1, 0.15) is 16.8 Å². The van der Waals surface area contributed by atoms with Crippen molar-refractivity contribution in [3.05, 3.63) is 57.9 Å². The average molecular weight is 291 g/mol. The molecule has 104 valence electrons. The summed E-state index contributed by atoms with van der Waals surface area (Å²) in [5.74, 6) is 0.465. The van der Waals surface area contributed by atoms with Gasteiger partial charge in [-0.25, -0.2) is 14.4 Å². The summed E-state index contributed by atoms with van der Waals surface area (Å²) in [5, 5.41) is 0.567. The average Bonchev–Trinajstić information content (AvgIpc) is 2.88. The van der Waals surface area contributed by atoms with E-state index in [1.807, 2.05) is 13.8 Å². The summed E-state index contributed by atoms with van der Waals surface area (Å²) >= 11 is 6.28. The number of hydrogen-bond donors (Lipinski definition) is 0. The first-order valence-corrected chi connectivity index (χ1v) is 7.18. The zero-order valence-electron chi connectivity index (χ0n) is 11.6. The van der Waals surface area contributed by atoms with Crippen LogP contribution in [0, 0.1) is 5.82 Å². The molecule has 20 heavy (non-hydrogen) atoms. The lowest BCUT2D eigenvalue weighted by molar-refractivity contribution is 0.579. The zero-order valence-corrected chi connectivity index (χ0v) is 12.3. The van der Waals surface area contributed by atoms with Crippen LogP contribution in [0.4, 0.5) is 4.39 Å². The second-order valence-corrected chi connectivity index (χ2v) is 6.11. The topological polar surface area (TPSA) is 25.8 Å². The summed E-state index contributed by atoms with van der Waals surface area (Å²) in [6.07, 6.45) is 3.01. The molecule has 1 aromatic heterocycles. The van der Waals surface area contributed by atoms with Crippen LogP contribution in [0.5, 0.6) is 0 Å². The van der Waals surface area contributed by atoms with Crippen LogP contribution in [0.25, 0.3) is 0 Å². The fourth-order valence-electron chi connectivity index (χ4n) is 2.66. The molecule has 2 nitrogen and oxygen atoms in total. The first-order chi connectivity index (χ1) is 9.48. The van der Waals surface area contributed by atoms with E-state index in [0.29, 0.717) is 11.0 Å². The van der Waals surface area contributed by atoms with Crippen molar-refractivity contribution in [3.63, 3.8) is 0 Å². The molecule has 2 aromatic rings. The molecule has 1 aliphatic carbocycles. The van der Waals surface area contributed by atoms with Gasteiger partial charge in [-0.2, -0.15) is 0 Å². The second-order valence-electron chi connectivity index (χ2n) is 5.75. The largest absolute Gasteiger partial charge is 0.237 e. The summed E-state index contributed by atoms with van der Waals surface area (Å²) < 4.78 is 13.1. The monoisotopic (exact) mass is 290 g/mol. The van der Waals surface area contributed by atoms with Gasteiger partial charge in [-0.05, 0) is 50.8 Å². The maximum atomic E-state index is 13.1. The number of aryl methyl sites for hydroxylation is 1. The number of halogens is 2. The Hall–Kier alpha value is -1.48. The number of fused-ring (bicyclic) bond motifs is 1. The van der Waals surface area contributed by atoms with Gasteiger partial charge in [0.15, 0.2) is 0 Å². The predicted octanol–water partition coefficient (Wildman–Crippen LogP) is 4.08. The van der Waals surface area contributed by atoms with Crippen molar-refractivity contribution in [2.24, 2.45) is 0 Å². The molecule has 0 amide bonds. The molecule has 1 aliphatic rings. The van der Waals surface area contributed by atoms with E-state index in [1.165, 1.54) is 12.1 Å². The third-order valence-electron chi connectivity index (χ3n) is 4.01. The fourth-order valence-corrected chi connectivity index (χ4v) is 2.95. The van der Waals surface area contributed by atoms with Crippen LogP contribution >= 0.6 is 11.6 Å². The number of aromatic nitrogens is 2. The summed E-state index contributed by atoms with van der Waals surface area (Å²) in [4.78, 5) is 9.17. The standard InChI is InChI=1S/C16H16ClFN2/c1-16(2,10-6-8-11(18)9-7-10)15-19-13-5-3-4-12(13)14(17)20-15/h6-9H,3-5H2,1-2H3. The third kappa shape index (κ3) is 2.20. The third-order valence-corrected chi connectivity index (χ3v) is 4.32. The molecule has 1 aromatic carbocycles. The Morgan fingerprint density at radius 3 is 2.50 bits per heavy atom. The Bertz CT molecular complexity index is 650. The van der Waals surface area contributed by atoms with E-state index in [0.717, 1.165) is 36.1 Å². The first kappa shape index (κ1) is 13.5. The molecule has 4 heteroatoms. The Balaban J connectivity index is 2.07. The van der Waals surface area contributed by atoms with Crippen molar-refractivity contribution in [3.8, 4) is 0 Å². The minimum atomic E-state index is -0.394. The van der Waals surface area contributed by atoms with Gasteiger partial charge in [-0.15, -0.1) is 0 Å². The highest BCUT2D eigenvalue weighted by Gasteiger charge is 2.29. The predicted molar refractivity (Wildman–Crippen MR) is 77.6 cm³/mol. The minimum Gasteiger partial charge on any atom is -0.237 e. The van der Waals surface area contributed by atoms with E-state index in [2.05, 4.69) is 4.98 Å². The van der Waals surface area contributed by atoms with Crippen molar-refractivity contribution in [1.29, 1.82) is 0 Å². The highest BCUT2D eigenvalue weighted by molar-refractivity contribution is 6.30. The number of benzene rings is 1. The normalized spacial score (nSPS) is 14.4. The lowest BCUT2D eigenvalue weighted by Gasteiger charge is -2.24. The number of nitrogens with zero attached hydrogens (tertiary/aromatic N) is 2. The van der Waals surface area contributed by atoms with E-state index >= 15 is 0 Å². The molecule has 0 unspecified atom stereocenters. The summed E-state index contributed by atoms with van der Waals surface area (Å²) in [5.41, 5.74) is 2.74. The van der Waals surface area contributed by atoms with Crippen LogP contribution in [-0.2, 0) is 18.3 Å². The van der Waals surface area contributed by atoms with Gasteiger partial charge in [0.25, 0.3) is 0 Å². The van der Waals surface area contributed by atoms with Gasteiger partial charge >= 0.3 is 0 Å². The Morgan fingerprint density at radius 1 is 1.10 bits per heavy atom. The molecule has 0 saturated carbocycles. The minimum absolute atomic E-state index is 0.238. The Morgan fingerprint density at radius 2 is 1.80 bits per heavy atom. The van der Waals surface area contributed by atoms with Gasteiger partial charge in [-0.1, -0.05) is 23.7 Å². The van der Waals surface area contributed by atoms with Crippen LogP contribution in [0.1, 0.15) is 42.9 Å². The molecular formula is C16H16ClFN2. The van der Waals surface area contributed by atoms with Crippen LogP contribution < -0.4 is 0 Å². The van der Waals surface area contributed by atoms with Crippen molar-refractivity contribution in [2.45, 2.75) is 38.5 Å². The smallest absolute Gasteiger partial charge is 0.140 e. The SMILES string of the molecule is CC(C)(c1ccc(F)cc1)c1nc(Cl)c2c(n1)CCC2. The summed E-state index contributed by atoms with van der Waals surface area (Å²) in [6, 6.07) is 6.48. The molecule has 0 spiro atoms. The molecule has 0 aliphatic heterocycles. The molecule has 0 atom stereocenters. The highest BCUT2D eigenvalue weighted by atomic mass is 35.5. The van der Waals surface area contributed by atoms with E-state index in [9.17, 15) is 4.39 Å². The van der Waals surface area contributed by atoms with Crippen molar-refractivity contribution >= 4 is 11.6 Å². The van der Waals surface area contributed by atoms with E-state index < -0.39 is 5.41 Å². The Kier molecular flexibility index (Phi) is 3.25. The molecule has 1 heterocycles. The van der Waals surface area contributed by atoms with Crippen molar-refractivity contribution in [2.75, 3.05) is 0 Å². The molecule has 0 fully saturated rings. The van der Waals surface area contributed by atoms with Crippen LogP contribution in [0.2, 0.25) is 5.15 Å². The maximum Gasteiger partial charge on any atom is 0.140 e. The van der Waals surface area contributed by atoms with E-state index in [-0.39, 0.29) is 5.82 Å². The van der Waals surface area contributed by atoms with Gasteiger partial charge in [0.05, 0.1) is 0 Å². The molecule has 0 bridgehead atoms. The van der Waals surface area contributed by atoms with Crippen molar-refractivity contribution < 1.29 is 4.39 Å². The lowest BCUT2D eigenvalue weighted by Crippen LogP contribution is -2.23. The molecule has 0 saturated heterocycles. The van der Waals surface area contributed by atoms with Crippen LogP contribution in [-0.4, -0.2) is 9.97 Å². The van der Waals surface area contributed by atoms with Crippen molar-refractivity contribution in [1.82, 2.24) is 9.97 Å². The highest BCUT2D eigenvalue weighted by Crippen LogP contribution is 2.33. The number of rotatable bonds is 2. The van der Waals surface area contributed by atoms with Gasteiger partial charge in [-0.3, -0.25) is 0 Å². The van der Waals surface area contributed by atoms with Crippen LogP contribution in [0.3, 0.4) is 0 Å². The fraction of sp³-hybridized carbons (Fsp3) is 0.375. The van der Waals surface area contributed by atoms with Gasteiger partial charge in [0.2, 0.25) is 0 Å². The van der Waals surface area contributed by atoms with Gasteiger partial charge < -0.3 is 0 Å². The maximum absolute atomic E-state index is 13.1. The van der Waals surface area contributed by atoms with Crippen LogP contribution in [0.15, 0.2) is 24.3 Å². The molecule has 3 rings (SSSR count). The zero-order chi connectivity index (χ0) is 14.3. The van der Waals surface area contributed by atoms with E-state index in [4.69, 9.17) is 16.6 Å². The lowest BCUT2D eigenvalue weighted by atomic mass is 9.83. The molecule has 0 radical (unpaired) electrons. The van der Waals surface area contributed by atoms with E-state index in [1.54, 1.807) is 12.1 Å². The summed E-state index contributed by atoms with van der Waals surface area (Å²) in [6.45, 7) is 4.07. The Labute approximate surface area is 123 Å². The second kappa shape index (κ2) is 4.81. The first-order valence-electron chi connectivity index (χ1n) is 6.80. The number of hydrogen-bond acceptors (Lipinski definition) is 2. The summed E-state index contributed by atoms with van der Waals surface area (Å²) in [7, 11) is 0. The van der Waals surface area contributed by atoms with Gasteiger partial charge in [0, 0.05) is 16.7 Å². The molecular weight excluding hydrogens is 275 g/mol. The quantitative estimate of drug-likeness (QED) is 0.779. The molecule has 0 N–H and O–H groups in total.